The summed E-state index contributed by atoms with van der Waals surface area (Å²) in [7, 11) is 0. The first-order valence-electron chi connectivity index (χ1n) is 7.72. The fraction of sp³-hybridized carbons (Fsp3) is 0.278. The highest BCUT2D eigenvalue weighted by atomic mass is 32.2. The van der Waals surface area contributed by atoms with Crippen molar-refractivity contribution < 1.29 is 0 Å². The van der Waals surface area contributed by atoms with Gasteiger partial charge in [0.25, 0.3) is 0 Å². The molecule has 0 aliphatic heterocycles. The molecule has 0 aliphatic carbocycles. The molecule has 5 heteroatoms. The van der Waals surface area contributed by atoms with E-state index in [0.717, 1.165) is 29.0 Å². The average molecular weight is 324 g/mol. The maximum atomic E-state index is 4.38. The zero-order valence-corrected chi connectivity index (χ0v) is 14.5. The highest BCUT2D eigenvalue weighted by Gasteiger charge is 2.14. The molecule has 0 aliphatic rings. The van der Waals surface area contributed by atoms with E-state index in [1.165, 1.54) is 16.7 Å². The third-order valence-corrected chi connectivity index (χ3v) is 4.80. The van der Waals surface area contributed by atoms with E-state index in [4.69, 9.17) is 0 Å². The summed E-state index contributed by atoms with van der Waals surface area (Å²) >= 11 is 1.72. The predicted octanol–water partition coefficient (Wildman–Crippen LogP) is 4.27. The van der Waals surface area contributed by atoms with Gasteiger partial charge in [0.2, 0.25) is 0 Å². The van der Waals surface area contributed by atoms with Gasteiger partial charge in [-0.15, -0.1) is 10.2 Å². The molecule has 0 fully saturated rings. The van der Waals surface area contributed by atoms with Crippen molar-refractivity contribution in [3.63, 3.8) is 0 Å². The molecule has 0 atom stereocenters. The lowest BCUT2D eigenvalue weighted by Gasteiger charge is -2.09. The fourth-order valence-corrected chi connectivity index (χ4v) is 3.53. The van der Waals surface area contributed by atoms with Gasteiger partial charge in [-0.2, -0.15) is 0 Å². The Labute approximate surface area is 141 Å². The van der Waals surface area contributed by atoms with E-state index in [1.54, 1.807) is 18.0 Å². The SMILES string of the molecule is CCn1c(SCc2cc(C)ccc2C)nnc1-c1ccccn1. The van der Waals surface area contributed by atoms with Crippen LogP contribution in [0.3, 0.4) is 0 Å². The molecule has 0 N–H and O–H groups in total. The van der Waals surface area contributed by atoms with Crippen molar-refractivity contribution in [1.29, 1.82) is 0 Å². The summed E-state index contributed by atoms with van der Waals surface area (Å²) in [5.74, 6) is 1.73. The predicted molar refractivity (Wildman–Crippen MR) is 94.4 cm³/mol. The summed E-state index contributed by atoms with van der Waals surface area (Å²) in [6.07, 6.45) is 1.78. The zero-order valence-electron chi connectivity index (χ0n) is 13.7. The molecule has 3 rings (SSSR count). The fourth-order valence-electron chi connectivity index (χ4n) is 2.46. The molecule has 0 saturated carbocycles. The Bertz CT molecular complexity index is 796. The van der Waals surface area contributed by atoms with Crippen LogP contribution in [0.4, 0.5) is 0 Å². The molecule has 2 aromatic heterocycles. The largest absolute Gasteiger partial charge is 0.301 e. The number of benzene rings is 1. The van der Waals surface area contributed by atoms with Crippen molar-refractivity contribution >= 4 is 11.8 Å². The molecule has 0 radical (unpaired) electrons. The van der Waals surface area contributed by atoms with Crippen LogP contribution in [0.15, 0.2) is 47.8 Å². The van der Waals surface area contributed by atoms with Gasteiger partial charge < -0.3 is 4.57 Å². The maximum absolute atomic E-state index is 4.38. The van der Waals surface area contributed by atoms with Crippen LogP contribution in [0.5, 0.6) is 0 Å². The first kappa shape index (κ1) is 15.7. The highest BCUT2D eigenvalue weighted by Crippen LogP contribution is 2.26. The van der Waals surface area contributed by atoms with E-state index < -0.39 is 0 Å². The first-order chi connectivity index (χ1) is 11.2. The van der Waals surface area contributed by atoms with E-state index >= 15 is 0 Å². The Balaban J connectivity index is 1.84. The van der Waals surface area contributed by atoms with Gasteiger partial charge in [0.15, 0.2) is 11.0 Å². The number of nitrogens with zero attached hydrogens (tertiary/aromatic N) is 4. The quantitative estimate of drug-likeness (QED) is 0.657. The van der Waals surface area contributed by atoms with Gasteiger partial charge in [0, 0.05) is 18.5 Å². The van der Waals surface area contributed by atoms with Crippen LogP contribution in [-0.2, 0) is 12.3 Å². The molecule has 23 heavy (non-hydrogen) atoms. The number of pyridine rings is 1. The minimum Gasteiger partial charge on any atom is -0.301 e. The lowest BCUT2D eigenvalue weighted by atomic mass is 10.1. The standard InChI is InChI=1S/C18H20N4S/c1-4-22-17(16-7-5-6-10-19-16)20-21-18(22)23-12-15-11-13(2)8-9-14(15)3/h5-11H,4,12H2,1-3H3. The first-order valence-corrected chi connectivity index (χ1v) is 8.71. The van der Waals surface area contributed by atoms with Gasteiger partial charge in [-0.1, -0.05) is 41.6 Å². The van der Waals surface area contributed by atoms with Crippen LogP contribution >= 0.6 is 11.8 Å². The molecule has 0 amide bonds. The third kappa shape index (κ3) is 3.45. The Morgan fingerprint density at radius 2 is 1.96 bits per heavy atom. The Hall–Kier alpha value is -2.14. The number of hydrogen-bond acceptors (Lipinski definition) is 4. The van der Waals surface area contributed by atoms with Crippen LogP contribution in [-0.4, -0.2) is 19.7 Å². The van der Waals surface area contributed by atoms with Crippen LogP contribution in [0.25, 0.3) is 11.5 Å². The second-order valence-electron chi connectivity index (χ2n) is 5.48. The van der Waals surface area contributed by atoms with Gasteiger partial charge in [-0.05, 0) is 44.0 Å². The molecule has 118 valence electrons. The van der Waals surface area contributed by atoms with E-state index in [2.05, 4.69) is 58.7 Å². The minimum absolute atomic E-state index is 0.827. The van der Waals surface area contributed by atoms with Gasteiger partial charge >= 0.3 is 0 Å². The second kappa shape index (κ2) is 6.96. The number of aryl methyl sites for hydroxylation is 2. The van der Waals surface area contributed by atoms with Crippen LogP contribution < -0.4 is 0 Å². The average Bonchev–Trinajstić information content (AvgIpc) is 2.99. The Kier molecular flexibility index (Phi) is 4.76. The van der Waals surface area contributed by atoms with Crippen LogP contribution in [0, 0.1) is 13.8 Å². The molecule has 2 heterocycles. The molecular formula is C18H20N4S. The van der Waals surface area contributed by atoms with E-state index in [0.29, 0.717) is 0 Å². The summed E-state index contributed by atoms with van der Waals surface area (Å²) in [6, 6.07) is 12.4. The molecular weight excluding hydrogens is 304 g/mol. The van der Waals surface area contributed by atoms with Gasteiger partial charge in [0.05, 0.1) is 0 Å². The van der Waals surface area contributed by atoms with Crippen molar-refractivity contribution in [3.05, 3.63) is 59.3 Å². The van der Waals surface area contributed by atoms with Crippen LogP contribution in [0.2, 0.25) is 0 Å². The Morgan fingerprint density at radius 1 is 1.09 bits per heavy atom. The van der Waals surface area contributed by atoms with E-state index in [1.807, 2.05) is 18.2 Å². The molecule has 3 aromatic rings. The minimum atomic E-state index is 0.827. The summed E-state index contributed by atoms with van der Waals surface area (Å²) < 4.78 is 2.12. The monoisotopic (exact) mass is 324 g/mol. The normalized spacial score (nSPS) is 10.9. The number of thioether (sulfide) groups is 1. The smallest absolute Gasteiger partial charge is 0.191 e. The number of aromatic nitrogens is 4. The highest BCUT2D eigenvalue weighted by molar-refractivity contribution is 7.98. The van der Waals surface area contributed by atoms with Crippen molar-refractivity contribution in [2.24, 2.45) is 0 Å². The van der Waals surface area contributed by atoms with Gasteiger partial charge in [-0.25, -0.2) is 0 Å². The van der Waals surface area contributed by atoms with Gasteiger partial charge in [0.1, 0.15) is 5.69 Å². The molecule has 0 unspecified atom stereocenters. The van der Waals surface area contributed by atoms with Crippen molar-refractivity contribution in [2.45, 2.75) is 38.2 Å². The number of rotatable bonds is 5. The molecule has 4 nitrogen and oxygen atoms in total. The lowest BCUT2D eigenvalue weighted by molar-refractivity contribution is 0.686. The summed E-state index contributed by atoms with van der Waals surface area (Å²) in [6.45, 7) is 7.21. The molecule has 0 bridgehead atoms. The van der Waals surface area contributed by atoms with Crippen molar-refractivity contribution in [3.8, 4) is 11.5 Å². The maximum Gasteiger partial charge on any atom is 0.191 e. The lowest BCUT2D eigenvalue weighted by Crippen LogP contribution is -2.01. The van der Waals surface area contributed by atoms with Gasteiger partial charge in [-0.3, -0.25) is 4.98 Å². The number of hydrogen-bond donors (Lipinski definition) is 0. The van der Waals surface area contributed by atoms with E-state index in [-0.39, 0.29) is 0 Å². The Morgan fingerprint density at radius 3 is 2.70 bits per heavy atom. The second-order valence-corrected chi connectivity index (χ2v) is 6.43. The van der Waals surface area contributed by atoms with Crippen LogP contribution in [0.1, 0.15) is 23.6 Å². The van der Waals surface area contributed by atoms with Crippen molar-refractivity contribution in [2.75, 3.05) is 0 Å². The van der Waals surface area contributed by atoms with E-state index in [9.17, 15) is 0 Å². The van der Waals surface area contributed by atoms with Crippen molar-refractivity contribution in [1.82, 2.24) is 19.7 Å². The molecule has 0 spiro atoms. The summed E-state index contributed by atoms with van der Waals surface area (Å²) in [5, 5.41) is 9.64. The third-order valence-electron chi connectivity index (χ3n) is 3.79. The summed E-state index contributed by atoms with van der Waals surface area (Å²) in [5.41, 5.74) is 4.81. The zero-order chi connectivity index (χ0) is 16.2. The topological polar surface area (TPSA) is 43.6 Å². The summed E-state index contributed by atoms with van der Waals surface area (Å²) in [4.78, 5) is 4.38. The molecule has 1 aromatic carbocycles. The molecule has 0 saturated heterocycles.